The van der Waals surface area contributed by atoms with Crippen molar-refractivity contribution in [2.24, 2.45) is 0 Å². The second-order valence-corrected chi connectivity index (χ2v) is 7.30. The normalized spacial score (nSPS) is 16.6. The fraction of sp³-hybridized carbons (Fsp3) is 0.286. The average molecular weight is 397 g/mol. The molecule has 0 bridgehead atoms. The van der Waals surface area contributed by atoms with Gasteiger partial charge < -0.3 is 14.2 Å². The van der Waals surface area contributed by atoms with Crippen LogP contribution in [0.15, 0.2) is 47.0 Å². The molecule has 8 heteroatoms. The molecule has 0 spiro atoms. The molecular weight excluding hydrogens is 380 g/mol. The smallest absolute Gasteiger partial charge is 0.261 e. The number of carbonyl (C=O) groups excluding carboxylic acids is 1. The zero-order valence-corrected chi connectivity index (χ0v) is 15.3. The molecule has 3 aromatic rings. The van der Waals surface area contributed by atoms with Gasteiger partial charge in [-0.3, -0.25) is 4.79 Å². The molecule has 2 aliphatic rings. The molecule has 2 aromatic carbocycles. The number of hydrogen-bond acceptors (Lipinski definition) is 5. The molecular formula is C21H17F2N3O3. The highest BCUT2D eigenvalue weighted by atomic mass is 19.1. The maximum Gasteiger partial charge on any atom is 0.261 e. The van der Waals surface area contributed by atoms with Gasteiger partial charge in [0.1, 0.15) is 23.5 Å². The highest BCUT2D eigenvalue weighted by molar-refractivity contribution is 5.95. The van der Waals surface area contributed by atoms with Gasteiger partial charge in [-0.15, -0.1) is 0 Å². The van der Waals surface area contributed by atoms with Crippen LogP contribution < -0.4 is 4.74 Å². The van der Waals surface area contributed by atoms with E-state index in [-0.39, 0.29) is 24.8 Å². The molecule has 0 unspecified atom stereocenters. The van der Waals surface area contributed by atoms with Crippen molar-refractivity contribution in [3.63, 3.8) is 0 Å². The summed E-state index contributed by atoms with van der Waals surface area (Å²) in [5, 5.41) is 4.03. The van der Waals surface area contributed by atoms with Gasteiger partial charge in [0, 0.05) is 5.92 Å². The zero-order chi connectivity index (χ0) is 20.0. The highest BCUT2D eigenvalue weighted by Gasteiger charge is 2.35. The van der Waals surface area contributed by atoms with Gasteiger partial charge in [0.05, 0.1) is 24.2 Å². The van der Waals surface area contributed by atoms with E-state index in [1.54, 1.807) is 6.07 Å². The average Bonchev–Trinajstić information content (AvgIpc) is 3.43. The molecule has 0 N–H and O–H groups in total. The standard InChI is InChI=1S/C21H17F2N3O3/c22-13-7-8-17(23)16(9-13)21(27)26-10-14(11-26)28-18-4-2-1-3-15(18)20-24-19(25-29-20)12-5-6-12/h1-4,7-9,12,14H,5-6,10-11H2. The molecule has 1 amide bonds. The van der Waals surface area contributed by atoms with Crippen LogP contribution in [0, 0.1) is 11.6 Å². The Morgan fingerprint density at radius 2 is 1.93 bits per heavy atom. The molecule has 0 atom stereocenters. The second kappa shape index (κ2) is 6.95. The van der Waals surface area contributed by atoms with E-state index < -0.39 is 17.5 Å². The molecule has 2 heterocycles. The van der Waals surface area contributed by atoms with Crippen molar-refractivity contribution in [2.75, 3.05) is 13.1 Å². The molecule has 1 aromatic heterocycles. The number of benzene rings is 2. The quantitative estimate of drug-likeness (QED) is 0.655. The zero-order valence-electron chi connectivity index (χ0n) is 15.3. The predicted molar refractivity (Wildman–Crippen MR) is 98.4 cm³/mol. The Morgan fingerprint density at radius 1 is 1.14 bits per heavy atom. The minimum Gasteiger partial charge on any atom is -0.486 e. The van der Waals surface area contributed by atoms with Crippen LogP contribution in [0.25, 0.3) is 11.5 Å². The molecule has 0 radical (unpaired) electrons. The van der Waals surface area contributed by atoms with E-state index in [2.05, 4.69) is 10.1 Å². The van der Waals surface area contributed by atoms with Crippen LogP contribution in [-0.4, -0.2) is 40.1 Å². The van der Waals surface area contributed by atoms with Crippen molar-refractivity contribution < 1.29 is 22.8 Å². The number of carbonyl (C=O) groups is 1. The summed E-state index contributed by atoms with van der Waals surface area (Å²) < 4.78 is 38.5. The second-order valence-electron chi connectivity index (χ2n) is 7.30. The molecule has 5 rings (SSSR count). The molecule has 2 fully saturated rings. The lowest BCUT2D eigenvalue weighted by molar-refractivity contribution is 0.0176. The first-order chi connectivity index (χ1) is 14.1. The van der Waals surface area contributed by atoms with Crippen LogP contribution in [-0.2, 0) is 0 Å². The lowest BCUT2D eigenvalue weighted by atomic mass is 10.1. The lowest BCUT2D eigenvalue weighted by Crippen LogP contribution is -2.56. The molecule has 1 saturated carbocycles. The number of hydrogen-bond donors (Lipinski definition) is 0. The van der Waals surface area contributed by atoms with E-state index in [1.807, 2.05) is 18.2 Å². The Morgan fingerprint density at radius 3 is 2.72 bits per heavy atom. The Balaban J connectivity index is 1.27. The molecule has 1 aliphatic heterocycles. The minimum atomic E-state index is -0.742. The number of halogens is 2. The van der Waals surface area contributed by atoms with E-state index in [0.29, 0.717) is 28.9 Å². The molecule has 29 heavy (non-hydrogen) atoms. The van der Waals surface area contributed by atoms with Crippen molar-refractivity contribution >= 4 is 5.91 Å². The number of nitrogens with zero attached hydrogens (tertiary/aromatic N) is 3. The van der Waals surface area contributed by atoms with Gasteiger partial charge >= 0.3 is 0 Å². The minimum absolute atomic E-state index is 0.262. The maximum atomic E-state index is 13.8. The maximum absolute atomic E-state index is 13.8. The SMILES string of the molecule is O=C(c1cc(F)ccc1F)N1CC(Oc2ccccc2-c2nc(C3CC3)no2)C1. The third-order valence-corrected chi connectivity index (χ3v) is 5.09. The molecule has 1 saturated heterocycles. The van der Waals surface area contributed by atoms with Crippen molar-refractivity contribution in [1.29, 1.82) is 0 Å². The van der Waals surface area contributed by atoms with Crippen LogP contribution in [0.3, 0.4) is 0 Å². The summed E-state index contributed by atoms with van der Waals surface area (Å²) in [5.74, 6) is 0.128. The summed E-state index contributed by atoms with van der Waals surface area (Å²) in [4.78, 5) is 18.3. The number of aromatic nitrogens is 2. The Labute approximate surface area is 165 Å². The highest BCUT2D eigenvalue weighted by Crippen LogP contribution is 2.40. The summed E-state index contributed by atoms with van der Waals surface area (Å²) in [6.07, 6.45) is 1.90. The van der Waals surface area contributed by atoms with Gasteiger partial charge in [-0.05, 0) is 43.2 Å². The number of amides is 1. The summed E-state index contributed by atoms with van der Waals surface area (Å²) in [6, 6.07) is 10.2. The van der Waals surface area contributed by atoms with Crippen molar-refractivity contribution in [3.8, 4) is 17.2 Å². The monoisotopic (exact) mass is 397 g/mol. The van der Waals surface area contributed by atoms with E-state index in [9.17, 15) is 13.6 Å². The number of ether oxygens (including phenoxy) is 1. The Hall–Kier alpha value is -3.29. The molecule has 1 aliphatic carbocycles. The van der Waals surface area contributed by atoms with Gasteiger partial charge in [0.25, 0.3) is 11.8 Å². The van der Waals surface area contributed by atoms with E-state index >= 15 is 0 Å². The lowest BCUT2D eigenvalue weighted by Gasteiger charge is -2.39. The summed E-state index contributed by atoms with van der Waals surface area (Å²) in [7, 11) is 0. The van der Waals surface area contributed by atoms with Crippen LogP contribution in [0.2, 0.25) is 0 Å². The van der Waals surface area contributed by atoms with Crippen molar-refractivity contribution in [3.05, 3.63) is 65.5 Å². The Kier molecular flexibility index (Phi) is 4.26. The number of rotatable bonds is 5. The summed E-state index contributed by atoms with van der Waals surface area (Å²) >= 11 is 0. The summed E-state index contributed by atoms with van der Waals surface area (Å²) in [5.41, 5.74) is 0.412. The first-order valence-corrected chi connectivity index (χ1v) is 9.42. The predicted octanol–water partition coefficient (Wildman–Crippen LogP) is 3.80. The van der Waals surface area contributed by atoms with Crippen LogP contribution in [0.5, 0.6) is 5.75 Å². The Bertz CT molecular complexity index is 1070. The van der Waals surface area contributed by atoms with Gasteiger partial charge in [-0.2, -0.15) is 4.98 Å². The van der Waals surface area contributed by atoms with Gasteiger partial charge in [-0.1, -0.05) is 17.3 Å². The van der Waals surface area contributed by atoms with Crippen LogP contribution in [0.1, 0.15) is 34.9 Å². The largest absolute Gasteiger partial charge is 0.486 e. The van der Waals surface area contributed by atoms with Crippen molar-refractivity contribution in [2.45, 2.75) is 24.9 Å². The number of likely N-dealkylation sites (tertiary alicyclic amines) is 1. The van der Waals surface area contributed by atoms with Gasteiger partial charge in [-0.25, -0.2) is 8.78 Å². The van der Waals surface area contributed by atoms with Crippen LogP contribution in [0.4, 0.5) is 8.78 Å². The van der Waals surface area contributed by atoms with Gasteiger partial charge in [0.2, 0.25) is 0 Å². The first kappa shape index (κ1) is 17.8. The first-order valence-electron chi connectivity index (χ1n) is 9.42. The van der Waals surface area contributed by atoms with E-state index in [4.69, 9.17) is 9.26 Å². The third kappa shape index (κ3) is 3.46. The summed E-state index contributed by atoms with van der Waals surface area (Å²) in [6.45, 7) is 0.556. The van der Waals surface area contributed by atoms with E-state index in [1.165, 1.54) is 4.90 Å². The fourth-order valence-corrected chi connectivity index (χ4v) is 3.29. The third-order valence-electron chi connectivity index (χ3n) is 5.09. The molecule has 6 nitrogen and oxygen atoms in total. The van der Waals surface area contributed by atoms with Crippen molar-refractivity contribution in [1.82, 2.24) is 15.0 Å². The number of para-hydroxylation sites is 1. The van der Waals surface area contributed by atoms with E-state index in [0.717, 1.165) is 31.0 Å². The van der Waals surface area contributed by atoms with Crippen LogP contribution >= 0.6 is 0 Å². The topological polar surface area (TPSA) is 68.5 Å². The van der Waals surface area contributed by atoms with Gasteiger partial charge in [0.15, 0.2) is 5.82 Å². The fourth-order valence-electron chi connectivity index (χ4n) is 3.29. The molecule has 148 valence electrons.